The molecule has 0 radical (unpaired) electrons. The van der Waals surface area contributed by atoms with Crippen molar-refractivity contribution in [1.82, 2.24) is 5.32 Å². The number of hydrogen-bond acceptors (Lipinski definition) is 2. The quantitative estimate of drug-likeness (QED) is 0.455. The average molecular weight is 140 g/mol. The van der Waals surface area contributed by atoms with Gasteiger partial charge in [0.15, 0.2) is 0 Å². The first kappa shape index (κ1) is 8.88. The number of carbonyl (C=O) groups excluding carboxylic acids is 1. The van der Waals surface area contributed by atoms with Crippen molar-refractivity contribution in [1.29, 1.82) is 0 Å². The summed E-state index contributed by atoms with van der Waals surface area (Å²) in [6.45, 7) is 5.40. The minimum absolute atomic E-state index is 0.232. The highest BCUT2D eigenvalue weighted by atomic mass is 16.1. The zero-order chi connectivity index (χ0) is 7.98. The first-order chi connectivity index (χ1) is 4.72. The van der Waals surface area contributed by atoms with E-state index in [2.05, 4.69) is 16.9 Å². The van der Waals surface area contributed by atoms with Crippen molar-refractivity contribution >= 4 is 12.1 Å². The minimum Gasteiger partial charge on any atom is -0.354 e. The summed E-state index contributed by atoms with van der Waals surface area (Å²) in [6.07, 6.45) is 2.47. The molecular formula is C7H12N2O. The van der Waals surface area contributed by atoms with E-state index in [0.717, 1.165) is 6.42 Å². The number of amides is 1. The van der Waals surface area contributed by atoms with E-state index in [1.54, 1.807) is 13.3 Å². The van der Waals surface area contributed by atoms with Gasteiger partial charge in [-0.15, -0.1) is 0 Å². The van der Waals surface area contributed by atoms with Gasteiger partial charge in [0.05, 0.1) is 0 Å². The van der Waals surface area contributed by atoms with Gasteiger partial charge >= 0.3 is 0 Å². The van der Waals surface area contributed by atoms with E-state index < -0.39 is 0 Å². The molecule has 10 heavy (non-hydrogen) atoms. The van der Waals surface area contributed by atoms with Crippen molar-refractivity contribution in [3.63, 3.8) is 0 Å². The van der Waals surface area contributed by atoms with Crippen molar-refractivity contribution < 1.29 is 4.79 Å². The van der Waals surface area contributed by atoms with Crippen molar-refractivity contribution in [2.24, 2.45) is 4.99 Å². The Morgan fingerprint density at radius 3 is 2.80 bits per heavy atom. The van der Waals surface area contributed by atoms with Crippen LogP contribution in [0.2, 0.25) is 0 Å². The first-order valence-electron chi connectivity index (χ1n) is 3.15. The number of nitrogens with one attached hydrogen (secondary N) is 1. The molecule has 0 fully saturated rings. The Labute approximate surface area is 60.8 Å². The summed E-state index contributed by atoms with van der Waals surface area (Å²) in [7, 11) is 1.55. The van der Waals surface area contributed by atoms with Gasteiger partial charge in [-0.3, -0.25) is 9.79 Å². The lowest BCUT2D eigenvalue weighted by molar-refractivity contribution is -0.117. The third-order valence-corrected chi connectivity index (χ3v) is 0.919. The topological polar surface area (TPSA) is 41.5 Å². The standard InChI is InChI=1S/C7H12N2O/c1-4-5-9-6(2)7(10)8-3/h5H,2,4H2,1,3H3,(H,8,10)/b9-5+. The van der Waals surface area contributed by atoms with Crippen LogP contribution in [0.4, 0.5) is 0 Å². The van der Waals surface area contributed by atoms with Gasteiger partial charge in [0.25, 0.3) is 5.91 Å². The summed E-state index contributed by atoms with van der Waals surface area (Å²) < 4.78 is 0. The minimum atomic E-state index is -0.232. The molecule has 3 heteroatoms. The molecule has 0 aliphatic carbocycles. The molecule has 0 aliphatic rings. The second-order valence-corrected chi connectivity index (χ2v) is 1.75. The molecular weight excluding hydrogens is 128 g/mol. The molecule has 0 atom stereocenters. The Balaban J connectivity index is 3.85. The number of aliphatic imine (C=N–C) groups is 1. The molecule has 0 aromatic rings. The normalized spacial score (nSPS) is 9.80. The van der Waals surface area contributed by atoms with E-state index in [0.29, 0.717) is 0 Å². The van der Waals surface area contributed by atoms with Crippen molar-refractivity contribution in [2.75, 3.05) is 7.05 Å². The van der Waals surface area contributed by atoms with E-state index in [9.17, 15) is 4.79 Å². The van der Waals surface area contributed by atoms with Gasteiger partial charge in [-0.1, -0.05) is 13.5 Å². The predicted molar refractivity (Wildman–Crippen MR) is 42.0 cm³/mol. The fourth-order valence-corrected chi connectivity index (χ4v) is 0.404. The number of likely N-dealkylation sites (N-methyl/N-ethyl adjacent to an activating group) is 1. The van der Waals surface area contributed by atoms with Gasteiger partial charge in [-0.25, -0.2) is 0 Å². The first-order valence-corrected chi connectivity index (χ1v) is 3.15. The molecule has 3 nitrogen and oxygen atoms in total. The summed E-state index contributed by atoms with van der Waals surface area (Å²) in [5, 5.41) is 2.42. The molecule has 0 aliphatic heterocycles. The van der Waals surface area contributed by atoms with Crippen LogP contribution in [0.3, 0.4) is 0 Å². The number of rotatable bonds is 3. The van der Waals surface area contributed by atoms with Crippen LogP contribution < -0.4 is 5.32 Å². The largest absolute Gasteiger partial charge is 0.354 e. The molecule has 0 bridgehead atoms. The Bertz CT molecular complexity index is 161. The number of nitrogens with zero attached hydrogens (tertiary/aromatic N) is 1. The van der Waals surface area contributed by atoms with Crippen LogP contribution in [0.25, 0.3) is 0 Å². The monoisotopic (exact) mass is 140 g/mol. The van der Waals surface area contributed by atoms with E-state index >= 15 is 0 Å². The van der Waals surface area contributed by atoms with Crippen molar-refractivity contribution in [3.8, 4) is 0 Å². The molecule has 0 saturated heterocycles. The van der Waals surface area contributed by atoms with Gasteiger partial charge in [0, 0.05) is 13.3 Å². The second-order valence-electron chi connectivity index (χ2n) is 1.75. The molecule has 0 unspecified atom stereocenters. The van der Waals surface area contributed by atoms with Gasteiger partial charge in [0.1, 0.15) is 5.70 Å². The second kappa shape index (κ2) is 4.73. The highest BCUT2D eigenvalue weighted by molar-refractivity contribution is 5.93. The molecule has 0 saturated carbocycles. The van der Waals surface area contributed by atoms with Crippen LogP contribution in [0, 0.1) is 0 Å². The third kappa shape index (κ3) is 3.02. The summed E-state index contributed by atoms with van der Waals surface area (Å²) in [5.41, 5.74) is 0.254. The number of hydrogen-bond donors (Lipinski definition) is 1. The van der Waals surface area contributed by atoms with Crippen LogP contribution in [-0.4, -0.2) is 19.2 Å². The Morgan fingerprint density at radius 1 is 1.80 bits per heavy atom. The number of carbonyl (C=O) groups is 1. The third-order valence-electron chi connectivity index (χ3n) is 0.919. The molecule has 1 amide bonds. The zero-order valence-electron chi connectivity index (χ0n) is 6.35. The molecule has 0 heterocycles. The molecule has 0 rings (SSSR count). The molecule has 0 aromatic heterocycles. The lowest BCUT2D eigenvalue weighted by atomic mass is 10.4. The van der Waals surface area contributed by atoms with Crippen LogP contribution in [0.5, 0.6) is 0 Å². The summed E-state index contributed by atoms with van der Waals surface area (Å²) in [6, 6.07) is 0. The molecule has 56 valence electrons. The predicted octanol–water partition coefficient (Wildman–Crippen LogP) is 0.727. The highest BCUT2D eigenvalue weighted by Gasteiger charge is 1.98. The maximum atomic E-state index is 10.7. The summed E-state index contributed by atoms with van der Waals surface area (Å²) in [4.78, 5) is 14.5. The highest BCUT2D eigenvalue weighted by Crippen LogP contribution is 1.89. The van der Waals surface area contributed by atoms with Crippen LogP contribution >= 0.6 is 0 Å². The van der Waals surface area contributed by atoms with Crippen LogP contribution in [0.15, 0.2) is 17.3 Å². The Kier molecular flexibility index (Phi) is 4.20. The average Bonchev–Trinajstić information content (AvgIpc) is 1.98. The van der Waals surface area contributed by atoms with E-state index in [4.69, 9.17) is 0 Å². The van der Waals surface area contributed by atoms with Gasteiger partial charge < -0.3 is 5.32 Å². The fourth-order valence-electron chi connectivity index (χ4n) is 0.404. The van der Waals surface area contributed by atoms with E-state index in [-0.39, 0.29) is 11.6 Å². The van der Waals surface area contributed by atoms with E-state index in [1.807, 2.05) is 6.92 Å². The maximum Gasteiger partial charge on any atom is 0.268 e. The van der Waals surface area contributed by atoms with Gasteiger partial charge in [-0.05, 0) is 6.42 Å². The smallest absolute Gasteiger partial charge is 0.268 e. The van der Waals surface area contributed by atoms with Crippen LogP contribution in [0.1, 0.15) is 13.3 Å². The Hall–Kier alpha value is -1.12. The maximum absolute atomic E-state index is 10.7. The van der Waals surface area contributed by atoms with Gasteiger partial charge in [0.2, 0.25) is 0 Å². The lowest BCUT2D eigenvalue weighted by Gasteiger charge is -1.94. The SMILES string of the molecule is C=C(/N=C/CC)C(=O)NC. The summed E-state index contributed by atoms with van der Waals surface area (Å²) >= 11 is 0. The van der Waals surface area contributed by atoms with Crippen molar-refractivity contribution in [2.45, 2.75) is 13.3 Å². The van der Waals surface area contributed by atoms with E-state index in [1.165, 1.54) is 0 Å². The summed E-state index contributed by atoms with van der Waals surface area (Å²) in [5.74, 6) is -0.232. The van der Waals surface area contributed by atoms with Crippen LogP contribution in [-0.2, 0) is 4.79 Å². The molecule has 1 N–H and O–H groups in total. The zero-order valence-corrected chi connectivity index (χ0v) is 6.35. The molecule has 0 aromatic carbocycles. The van der Waals surface area contributed by atoms with Gasteiger partial charge in [-0.2, -0.15) is 0 Å². The Morgan fingerprint density at radius 2 is 2.40 bits per heavy atom. The molecule has 0 spiro atoms. The van der Waals surface area contributed by atoms with Crippen molar-refractivity contribution in [3.05, 3.63) is 12.3 Å². The lowest BCUT2D eigenvalue weighted by Crippen LogP contribution is -2.18. The fraction of sp³-hybridized carbons (Fsp3) is 0.429.